The fraction of sp³-hybridized carbons (Fsp3) is 0.300. The van der Waals surface area contributed by atoms with Gasteiger partial charge in [-0.1, -0.05) is 6.07 Å². The van der Waals surface area contributed by atoms with Gasteiger partial charge in [0.15, 0.2) is 11.5 Å². The number of nitrogens with zero attached hydrogens (tertiary/aromatic N) is 1. The van der Waals surface area contributed by atoms with Crippen molar-refractivity contribution >= 4 is 16.8 Å². The molecule has 0 atom stereocenters. The van der Waals surface area contributed by atoms with E-state index in [-0.39, 0.29) is 0 Å². The lowest BCUT2D eigenvalue weighted by Gasteiger charge is -1.91. The summed E-state index contributed by atoms with van der Waals surface area (Å²) in [5.74, 6) is 0.711. The van der Waals surface area contributed by atoms with Crippen molar-refractivity contribution in [1.29, 1.82) is 0 Å². The minimum atomic E-state index is 0.633. The number of oxazole rings is 1. The van der Waals surface area contributed by atoms with Gasteiger partial charge in [0.25, 0.3) is 0 Å². The molecule has 1 aromatic carbocycles. The predicted molar refractivity (Wildman–Crippen MR) is 55.8 cm³/mol. The maximum absolute atomic E-state index is 5.74. The lowest BCUT2D eigenvalue weighted by Crippen LogP contribution is -2.00. The first-order valence-corrected chi connectivity index (χ1v) is 4.65. The Morgan fingerprint density at radius 1 is 1.36 bits per heavy atom. The number of hydrogen-bond acceptors (Lipinski definition) is 4. The van der Waals surface area contributed by atoms with Crippen LogP contribution in [0, 0.1) is 0 Å². The van der Waals surface area contributed by atoms with Crippen molar-refractivity contribution in [2.75, 3.05) is 12.3 Å². The zero-order valence-electron chi connectivity index (χ0n) is 7.86. The molecule has 0 saturated carbocycles. The van der Waals surface area contributed by atoms with Crippen LogP contribution in [0.15, 0.2) is 22.6 Å². The number of rotatable bonds is 3. The van der Waals surface area contributed by atoms with Gasteiger partial charge in [0.2, 0.25) is 0 Å². The molecule has 0 fully saturated rings. The summed E-state index contributed by atoms with van der Waals surface area (Å²) in [5.41, 5.74) is 13.3. The highest BCUT2D eigenvalue weighted by atomic mass is 16.3. The number of para-hydroxylation sites is 1. The lowest BCUT2D eigenvalue weighted by molar-refractivity contribution is 0.522. The number of aromatic nitrogens is 1. The number of fused-ring (bicyclic) bond motifs is 1. The first-order valence-electron chi connectivity index (χ1n) is 4.65. The molecule has 2 aromatic rings. The molecular weight excluding hydrogens is 178 g/mol. The van der Waals surface area contributed by atoms with Crippen molar-refractivity contribution in [1.82, 2.24) is 4.98 Å². The van der Waals surface area contributed by atoms with Crippen LogP contribution in [-0.2, 0) is 6.42 Å². The third-order valence-electron chi connectivity index (χ3n) is 2.08. The average Bonchev–Trinajstić information content (AvgIpc) is 2.59. The van der Waals surface area contributed by atoms with Crippen LogP contribution in [0.4, 0.5) is 5.69 Å². The van der Waals surface area contributed by atoms with Gasteiger partial charge in [-0.05, 0) is 25.1 Å². The predicted octanol–water partition coefficient (Wildman–Crippen LogP) is 1.30. The van der Waals surface area contributed by atoms with Gasteiger partial charge >= 0.3 is 0 Å². The highest BCUT2D eigenvalue weighted by Gasteiger charge is 2.06. The minimum absolute atomic E-state index is 0.633. The molecule has 1 heterocycles. The van der Waals surface area contributed by atoms with E-state index in [4.69, 9.17) is 15.9 Å². The molecule has 0 radical (unpaired) electrons. The van der Waals surface area contributed by atoms with E-state index in [9.17, 15) is 0 Å². The Hall–Kier alpha value is -1.55. The molecule has 14 heavy (non-hydrogen) atoms. The van der Waals surface area contributed by atoms with E-state index in [1.165, 1.54) is 0 Å². The third-order valence-corrected chi connectivity index (χ3v) is 2.08. The Bertz CT molecular complexity index is 436. The number of anilines is 1. The summed E-state index contributed by atoms with van der Waals surface area (Å²) in [4.78, 5) is 4.31. The Balaban J connectivity index is 2.36. The molecule has 0 saturated heterocycles. The van der Waals surface area contributed by atoms with Crippen molar-refractivity contribution in [2.24, 2.45) is 5.73 Å². The Kier molecular flexibility index (Phi) is 2.37. The van der Waals surface area contributed by atoms with Gasteiger partial charge in [0.05, 0.1) is 5.69 Å². The second kappa shape index (κ2) is 3.67. The topological polar surface area (TPSA) is 78.1 Å². The molecule has 0 aliphatic carbocycles. The van der Waals surface area contributed by atoms with Gasteiger partial charge in [-0.3, -0.25) is 0 Å². The van der Waals surface area contributed by atoms with Crippen molar-refractivity contribution in [2.45, 2.75) is 12.8 Å². The zero-order valence-corrected chi connectivity index (χ0v) is 7.86. The molecule has 0 amide bonds. The Morgan fingerprint density at radius 3 is 2.93 bits per heavy atom. The van der Waals surface area contributed by atoms with Crippen LogP contribution >= 0.6 is 0 Å². The summed E-state index contributed by atoms with van der Waals surface area (Å²) in [5, 5.41) is 0. The quantitative estimate of drug-likeness (QED) is 0.717. The fourth-order valence-electron chi connectivity index (χ4n) is 1.38. The molecule has 2 rings (SSSR count). The third kappa shape index (κ3) is 1.56. The van der Waals surface area contributed by atoms with Gasteiger partial charge < -0.3 is 15.9 Å². The molecule has 1 aromatic heterocycles. The molecule has 0 aliphatic rings. The lowest BCUT2D eigenvalue weighted by atomic mass is 10.3. The molecule has 0 aliphatic heterocycles. The number of benzene rings is 1. The number of aryl methyl sites for hydroxylation is 1. The summed E-state index contributed by atoms with van der Waals surface area (Å²) >= 11 is 0. The summed E-state index contributed by atoms with van der Waals surface area (Å²) < 4.78 is 5.51. The molecule has 0 unspecified atom stereocenters. The van der Waals surface area contributed by atoms with Crippen LogP contribution < -0.4 is 11.5 Å². The molecule has 4 nitrogen and oxygen atoms in total. The highest BCUT2D eigenvalue weighted by Crippen LogP contribution is 2.21. The van der Waals surface area contributed by atoms with Crippen molar-refractivity contribution < 1.29 is 4.42 Å². The largest absolute Gasteiger partial charge is 0.439 e. The SMILES string of the molecule is NCCCc1nc2cccc(N)c2o1. The van der Waals surface area contributed by atoms with Gasteiger partial charge in [-0.25, -0.2) is 4.98 Å². The van der Waals surface area contributed by atoms with E-state index in [0.717, 1.165) is 18.4 Å². The minimum Gasteiger partial charge on any atom is -0.439 e. The summed E-state index contributed by atoms with van der Waals surface area (Å²) in [6.45, 7) is 0.647. The van der Waals surface area contributed by atoms with Gasteiger partial charge in [-0.15, -0.1) is 0 Å². The van der Waals surface area contributed by atoms with Crippen LogP contribution in [0.2, 0.25) is 0 Å². The normalized spacial score (nSPS) is 10.9. The van der Waals surface area contributed by atoms with E-state index in [1.807, 2.05) is 12.1 Å². The van der Waals surface area contributed by atoms with Gasteiger partial charge in [-0.2, -0.15) is 0 Å². The average molecular weight is 191 g/mol. The van der Waals surface area contributed by atoms with Gasteiger partial charge in [0, 0.05) is 6.42 Å². The molecule has 74 valence electrons. The first-order chi connectivity index (χ1) is 6.81. The van der Waals surface area contributed by atoms with Crippen LogP contribution in [0.1, 0.15) is 12.3 Å². The van der Waals surface area contributed by atoms with E-state index in [2.05, 4.69) is 4.98 Å². The Labute approximate surface area is 81.9 Å². The van der Waals surface area contributed by atoms with Crippen LogP contribution in [-0.4, -0.2) is 11.5 Å². The van der Waals surface area contributed by atoms with Crippen LogP contribution in [0.5, 0.6) is 0 Å². The van der Waals surface area contributed by atoms with E-state index in [0.29, 0.717) is 23.7 Å². The van der Waals surface area contributed by atoms with Gasteiger partial charge in [0.1, 0.15) is 5.52 Å². The zero-order chi connectivity index (χ0) is 9.97. The standard InChI is InChI=1S/C10H13N3O/c11-6-2-5-9-13-8-4-1-3-7(12)10(8)14-9/h1,3-4H,2,5-6,11-12H2. The van der Waals surface area contributed by atoms with Crippen LogP contribution in [0.25, 0.3) is 11.1 Å². The Morgan fingerprint density at radius 2 is 2.21 bits per heavy atom. The number of nitrogens with two attached hydrogens (primary N) is 2. The molecule has 4 heteroatoms. The van der Waals surface area contributed by atoms with Crippen molar-refractivity contribution in [3.63, 3.8) is 0 Å². The maximum atomic E-state index is 5.74. The van der Waals surface area contributed by atoms with E-state index in [1.54, 1.807) is 6.07 Å². The first kappa shape index (κ1) is 9.02. The van der Waals surface area contributed by atoms with E-state index >= 15 is 0 Å². The number of hydrogen-bond donors (Lipinski definition) is 2. The second-order valence-electron chi connectivity index (χ2n) is 3.20. The monoisotopic (exact) mass is 191 g/mol. The summed E-state index contributed by atoms with van der Waals surface area (Å²) in [6.07, 6.45) is 1.65. The number of nitrogen functional groups attached to an aromatic ring is 1. The molecule has 0 bridgehead atoms. The molecular formula is C10H13N3O. The molecule has 4 N–H and O–H groups in total. The smallest absolute Gasteiger partial charge is 0.195 e. The van der Waals surface area contributed by atoms with Crippen molar-refractivity contribution in [3.8, 4) is 0 Å². The fourth-order valence-corrected chi connectivity index (χ4v) is 1.38. The maximum Gasteiger partial charge on any atom is 0.195 e. The molecule has 0 spiro atoms. The van der Waals surface area contributed by atoms with Crippen LogP contribution in [0.3, 0.4) is 0 Å². The summed E-state index contributed by atoms with van der Waals surface area (Å²) in [7, 11) is 0. The highest BCUT2D eigenvalue weighted by molar-refractivity contribution is 5.84. The summed E-state index contributed by atoms with van der Waals surface area (Å²) in [6, 6.07) is 5.56. The second-order valence-corrected chi connectivity index (χ2v) is 3.20. The van der Waals surface area contributed by atoms with E-state index < -0.39 is 0 Å². The van der Waals surface area contributed by atoms with Crippen molar-refractivity contribution in [3.05, 3.63) is 24.1 Å².